The van der Waals surface area contributed by atoms with Crippen molar-refractivity contribution in [2.45, 2.75) is 26.7 Å². The number of anilines is 5. The molecular formula is C23H26N6O. The largest absolute Gasteiger partial charge is 0.341 e. The molecule has 4 rings (SSSR count). The van der Waals surface area contributed by atoms with Crippen molar-refractivity contribution in [1.29, 1.82) is 0 Å². The number of nitrogens with zero attached hydrogens (tertiary/aromatic N) is 3. The molecule has 1 aliphatic heterocycles. The summed E-state index contributed by atoms with van der Waals surface area (Å²) in [5, 5.41) is 9.01. The van der Waals surface area contributed by atoms with Gasteiger partial charge in [0, 0.05) is 41.9 Å². The summed E-state index contributed by atoms with van der Waals surface area (Å²) < 4.78 is 0. The van der Waals surface area contributed by atoms with Crippen molar-refractivity contribution in [3.63, 3.8) is 0 Å². The molecule has 30 heavy (non-hydrogen) atoms. The summed E-state index contributed by atoms with van der Waals surface area (Å²) in [6.45, 7) is 5.98. The minimum Gasteiger partial charge on any atom is -0.341 e. The van der Waals surface area contributed by atoms with Crippen molar-refractivity contribution in [2.75, 3.05) is 33.9 Å². The van der Waals surface area contributed by atoms with Gasteiger partial charge in [0.2, 0.25) is 5.95 Å². The van der Waals surface area contributed by atoms with Crippen molar-refractivity contribution >= 4 is 34.9 Å². The van der Waals surface area contributed by atoms with E-state index in [1.165, 1.54) is 12.8 Å². The van der Waals surface area contributed by atoms with Gasteiger partial charge >= 0.3 is 6.03 Å². The summed E-state index contributed by atoms with van der Waals surface area (Å²) in [6, 6.07) is 16.9. The van der Waals surface area contributed by atoms with E-state index in [0.717, 1.165) is 47.5 Å². The smallest absolute Gasteiger partial charge is 0.323 e. The second kappa shape index (κ2) is 8.82. The number of amides is 2. The highest BCUT2D eigenvalue weighted by atomic mass is 16.2. The first kappa shape index (κ1) is 19.7. The third kappa shape index (κ3) is 5.05. The maximum absolute atomic E-state index is 12.2. The van der Waals surface area contributed by atoms with Gasteiger partial charge in [0.15, 0.2) is 0 Å². The van der Waals surface area contributed by atoms with Crippen LogP contribution in [0, 0.1) is 13.8 Å². The maximum Gasteiger partial charge on any atom is 0.323 e. The van der Waals surface area contributed by atoms with Crippen LogP contribution in [0.5, 0.6) is 0 Å². The van der Waals surface area contributed by atoms with E-state index in [0.29, 0.717) is 5.69 Å². The Labute approximate surface area is 176 Å². The van der Waals surface area contributed by atoms with E-state index in [-0.39, 0.29) is 6.03 Å². The Morgan fingerprint density at radius 3 is 2.30 bits per heavy atom. The molecule has 1 aromatic heterocycles. The molecule has 7 nitrogen and oxygen atoms in total. The molecule has 3 N–H and O–H groups in total. The Bertz CT molecular complexity index is 1030. The molecule has 1 saturated heterocycles. The normalized spacial score (nSPS) is 13.2. The van der Waals surface area contributed by atoms with Gasteiger partial charge in [0.25, 0.3) is 0 Å². The number of rotatable bonds is 5. The number of aromatic nitrogens is 2. The number of hydrogen-bond donors (Lipinski definition) is 3. The monoisotopic (exact) mass is 402 g/mol. The summed E-state index contributed by atoms with van der Waals surface area (Å²) in [7, 11) is 0. The Balaban J connectivity index is 1.38. The van der Waals surface area contributed by atoms with Crippen LogP contribution in [0.25, 0.3) is 0 Å². The van der Waals surface area contributed by atoms with Gasteiger partial charge in [-0.2, -0.15) is 4.98 Å². The SMILES string of the molecule is Cc1cccc(NC(=O)Nc2ccc(Nc3cc(C)nc(N4CCCC4)n3)cc2)c1. The van der Waals surface area contributed by atoms with Crippen molar-refractivity contribution < 1.29 is 4.79 Å². The molecule has 1 fully saturated rings. The van der Waals surface area contributed by atoms with E-state index in [4.69, 9.17) is 0 Å². The summed E-state index contributed by atoms with van der Waals surface area (Å²) in [5.41, 5.74) is 4.39. The van der Waals surface area contributed by atoms with Crippen LogP contribution in [-0.2, 0) is 0 Å². The maximum atomic E-state index is 12.2. The quantitative estimate of drug-likeness (QED) is 0.554. The molecule has 0 atom stereocenters. The van der Waals surface area contributed by atoms with Crippen molar-refractivity contribution in [3.8, 4) is 0 Å². The van der Waals surface area contributed by atoms with Crippen LogP contribution < -0.4 is 20.9 Å². The second-order valence-electron chi connectivity index (χ2n) is 7.54. The standard InChI is InChI=1S/C23H26N6O/c1-16-6-5-7-20(14-16)27-23(30)26-19-10-8-18(9-11-19)25-21-15-17(2)24-22(28-21)29-12-3-4-13-29/h5-11,14-15H,3-4,12-13H2,1-2H3,(H,24,25,28)(H2,26,27,30). The summed E-state index contributed by atoms with van der Waals surface area (Å²) in [5.74, 6) is 1.54. The number of hydrogen-bond acceptors (Lipinski definition) is 5. The zero-order valence-electron chi connectivity index (χ0n) is 17.3. The first-order valence-corrected chi connectivity index (χ1v) is 10.2. The minimum absolute atomic E-state index is 0.275. The topological polar surface area (TPSA) is 82.2 Å². The second-order valence-corrected chi connectivity index (χ2v) is 7.54. The Kier molecular flexibility index (Phi) is 5.79. The molecule has 2 aromatic carbocycles. The molecule has 0 aliphatic carbocycles. The van der Waals surface area contributed by atoms with E-state index < -0.39 is 0 Å². The highest BCUT2D eigenvalue weighted by molar-refractivity contribution is 5.99. The number of aryl methyl sites for hydroxylation is 2. The van der Waals surface area contributed by atoms with Crippen molar-refractivity contribution in [3.05, 3.63) is 65.9 Å². The van der Waals surface area contributed by atoms with Crippen LogP contribution in [0.15, 0.2) is 54.6 Å². The van der Waals surface area contributed by atoms with Gasteiger partial charge < -0.3 is 20.9 Å². The fraction of sp³-hybridized carbons (Fsp3) is 0.261. The third-order valence-corrected chi connectivity index (χ3v) is 4.92. The number of carbonyl (C=O) groups excluding carboxylic acids is 1. The molecule has 154 valence electrons. The van der Waals surface area contributed by atoms with E-state index in [1.54, 1.807) is 0 Å². The Hall–Kier alpha value is -3.61. The molecular weight excluding hydrogens is 376 g/mol. The van der Waals surface area contributed by atoms with Crippen LogP contribution in [0.3, 0.4) is 0 Å². The van der Waals surface area contributed by atoms with E-state index >= 15 is 0 Å². The zero-order chi connectivity index (χ0) is 20.9. The number of nitrogens with one attached hydrogen (secondary N) is 3. The predicted molar refractivity (Wildman–Crippen MR) is 122 cm³/mol. The Morgan fingerprint density at radius 1 is 0.867 bits per heavy atom. The van der Waals surface area contributed by atoms with E-state index in [9.17, 15) is 4.79 Å². The summed E-state index contributed by atoms with van der Waals surface area (Å²) in [6.07, 6.45) is 2.37. The molecule has 3 aromatic rings. The minimum atomic E-state index is -0.275. The molecule has 7 heteroatoms. The molecule has 0 unspecified atom stereocenters. The fourth-order valence-electron chi connectivity index (χ4n) is 3.48. The first-order chi connectivity index (χ1) is 14.5. The van der Waals surface area contributed by atoms with Crippen LogP contribution in [0.2, 0.25) is 0 Å². The lowest BCUT2D eigenvalue weighted by molar-refractivity contribution is 0.262. The zero-order valence-corrected chi connectivity index (χ0v) is 17.3. The van der Waals surface area contributed by atoms with E-state index in [2.05, 4.69) is 30.8 Å². The summed E-state index contributed by atoms with van der Waals surface area (Å²) >= 11 is 0. The van der Waals surface area contributed by atoms with E-state index in [1.807, 2.05) is 68.4 Å². The average Bonchev–Trinajstić information content (AvgIpc) is 3.24. The van der Waals surface area contributed by atoms with Gasteiger partial charge in [-0.1, -0.05) is 12.1 Å². The van der Waals surface area contributed by atoms with Crippen molar-refractivity contribution in [1.82, 2.24) is 9.97 Å². The van der Waals surface area contributed by atoms with Gasteiger partial charge in [-0.15, -0.1) is 0 Å². The molecule has 2 heterocycles. The molecule has 0 radical (unpaired) electrons. The number of urea groups is 1. The number of carbonyl (C=O) groups is 1. The summed E-state index contributed by atoms with van der Waals surface area (Å²) in [4.78, 5) is 23.7. The molecule has 0 spiro atoms. The fourth-order valence-corrected chi connectivity index (χ4v) is 3.48. The third-order valence-electron chi connectivity index (χ3n) is 4.92. The van der Waals surface area contributed by atoms with Gasteiger partial charge in [0.1, 0.15) is 5.82 Å². The number of benzene rings is 2. The lowest BCUT2D eigenvalue weighted by atomic mass is 10.2. The molecule has 0 saturated carbocycles. The lowest BCUT2D eigenvalue weighted by Gasteiger charge is -2.17. The van der Waals surface area contributed by atoms with Gasteiger partial charge in [-0.25, -0.2) is 9.78 Å². The van der Waals surface area contributed by atoms with Crippen LogP contribution in [-0.4, -0.2) is 29.1 Å². The van der Waals surface area contributed by atoms with Gasteiger partial charge in [-0.05, 0) is 68.7 Å². The molecule has 0 bridgehead atoms. The highest BCUT2D eigenvalue weighted by Crippen LogP contribution is 2.22. The predicted octanol–water partition coefficient (Wildman–Crippen LogP) is 5.08. The Morgan fingerprint density at radius 2 is 1.57 bits per heavy atom. The first-order valence-electron chi connectivity index (χ1n) is 10.2. The lowest BCUT2D eigenvalue weighted by Crippen LogP contribution is -2.21. The van der Waals surface area contributed by atoms with Gasteiger partial charge in [0.05, 0.1) is 0 Å². The van der Waals surface area contributed by atoms with Crippen molar-refractivity contribution in [2.24, 2.45) is 0 Å². The van der Waals surface area contributed by atoms with Crippen LogP contribution in [0.1, 0.15) is 24.1 Å². The molecule has 2 amide bonds. The molecule has 1 aliphatic rings. The van der Waals surface area contributed by atoms with Gasteiger partial charge in [-0.3, -0.25) is 0 Å². The highest BCUT2D eigenvalue weighted by Gasteiger charge is 2.16. The van der Waals surface area contributed by atoms with Crippen LogP contribution in [0.4, 0.5) is 33.6 Å². The van der Waals surface area contributed by atoms with Crippen LogP contribution >= 0.6 is 0 Å². The average molecular weight is 403 g/mol.